The summed E-state index contributed by atoms with van der Waals surface area (Å²) in [5.74, 6) is 1.11. The number of methoxy groups -OCH3 is 1. The van der Waals surface area contributed by atoms with Crippen LogP contribution >= 0.6 is 0 Å². The second-order valence-electron chi connectivity index (χ2n) is 4.83. The molecule has 2 rings (SSSR count). The smallest absolute Gasteiger partial charge is 0.339 e. The zero-order valence-electron chi connectivity index (χ0n) is 12.6. The fourth-order valence-electron chi connectivity index (χ4n) is 1.78. The summed E-state index contributed by atoms with van der Waals surface area (Å²) in [5, 5.41) is 0. The van der Waals surface area contributed by atoms with Crippen LogP contribution in [0.2, 0.25) is 0 Å². The summed E-state index contributed by atoms with van der Waals surface area (Å²) < 4.78 is 40.4. The minimum atomic E-state index is -3.93. The lowest BCUT2D eigenvalue weighted by Gasteiger charge is -2.14. The summed E-state index contributed by atoms with van der Waals surface area (Å²) in [6, 6.07) is 12.6. The highest BCUT2D eigenvalue weighted by molar-refractivity contribution is 7.87. The van der Waals surface area contributed by atoms with Gasteiger partial charge in [-0.3, -0.25) is 0 Å². The number of rotatable bonds is 6. The Hall–Kier alpha value is -2.21. The van der Waals surface area contributed by atoms with Gasteiger partial charge in [-0.15, -0.1) is 0 Å². The van der Waals surface area contributed by atoms with Crippen LogP contribution in [0, 0.1) is 0 Å². The van der Waals surface area contributed by atoms with Crippen molar-refractivity contribution in [2.24, 2.45) is 0 Å². The largest absolute Gasteiger partial charge is 0.497 e. The van der Waals surface area contributed by atoms with Crippen LogP contribution in [0.25, 0.3) is 0 Å². The topological polar surface area (TPSA) is 61.8 Å². The first-order valence-electron chi connectivity index (χ1n) is 6.76. The van der Waals surface area contributed by atoms with Gasteiger partial charge >= 0.3 is 10.1 Å². The fourth-order valence-corrected chi connectivity index (χ4v) is 2.72. The van der Waals surface area contributed by atoms with Crippen LogP contribution < -0.4 is 13.7 Å². The van der Waals surface area contributed by atoms with Crippen molar-refractivity contribution >= 4 is 10.1 Å². The molecule has 0 saturated heterocycles. The minimum absolute atomic E-state index is 0.0488. The van der Waals surface area contributed by atoms with Crippen LogP contribution in [0.3, 0.4) is 0 Å². The molecular weight excluding hydrogens is 304 g/mol. The van der Waals surface area contributed by atoms with E-state index in [4.69, 9.17) is 13.7 Å². The lowest BCUT2D eigenvalue weighted by atomic mass is 10.3. The molecule has 118 valence electrons. The van der Waals surface area contributed by atoms with Crippen LogP contribution in [-0.4, -0.2) is 21.6 Å². The molecule has 0 amide bonds. The van der Waals surface area contributed by atoms with Gasteiger partial charge in [0.15, 0.2) is 11.5 Å². The second-order valence-corrected chi connectivity index (χ2v) is 6.37. The van der Waals surface area contributed by atoms with E-state index in [0.717, 1.165) is 0 Å². The summed E-state index contributed by atoms with van der Waals surface area (Å²) in [7, 11) is -2.42. The lowest BCUT2D eigenvalue weighted by Crippen LogP contribution is -2.12. The molecule has 0 aliphatic carbocycles. The molecule has 0 atom stereocenters. The molecule has 0 bridgehead atoms. The molecule has 0 N–H and O–H groups in total. The predicted octanol–water partition coefficient (Wildman–Crippen LogP) is 3.25. The second kappa shape index (κ2) is 6.70. The van der Waals surface area contributed by atoms with E-state index in [2.05, 4.69) is 0 Å². The summed E-state index contributed by atoms with van der Waals surface area (Å²) in [6.45, 7) is 3.71. The van der Waals surface area contributed by atoms with E-state index in [9.17, 15) is 8.42 Å². The number of ether oxygens (including phenoxy) is 2. The number of hydrogen-bond donors (Lipinski definition) is 0. The maximum atomic E-state index is 12.3. The van der Waals surface area contributed by atoms with Gasteiger partial charge in [0.1, 0.15) is 10.6 Å². The zero-order valence-corrected chi connectivity index (χ0v) is 13.5. The predicted molar refractivity (Wildman–Crippen MR) is 83.0 cm³/mol. The van der Waals surface area contributed by atoms with Crippen LogP contribution in [-0.2, 0) is 10.1 Å². The maximum absolute atomic E-state index is 12.3. The highest BCUT2D eigenvalue weighted by Gasteiger charge is 2.19. The third kappa shape index (κ3) is 3.92. The molecule has 0 fully saturated rings. The van der Waals surface area contributed by atoms with Crippen molar-refractivity contribution in [3.8, 4) is 17.2 Å². The molecule has 0 radical (unpaired) electrons. The molecule has 0 aromatic heterocycles. The molecule has 0 saturated carbocycles. The van der Waals surface area contributed by atoms with Crippen LogP contribution in [0.4, 0.5) is 0 Å². The van der Waals surface area contributed by atoms with Gasteiger partial charge in [-0.05, 0) is 50.2 Å². The van der Waals surface area contributed by atoms with Crippen molar-refractivity contribution in [1.82, 2.24) is 0 Å². The van der Waals surface area contributed by atoms with E-state index in [1.807, 2.05) is 13.8 Å². The van der Waals surface area contributed by atoms with Crippen molar-refractivity contribution in [3.05, 3.63) is 48.5 Å². The molecule has 0 heterocycles. The Kier molecular flexibility index (Phi) is 4.92. The van der Waals surface area contributed by atoms with Crippen LogP contribution in [0.15, 0.2) is 53.4 Å². The standard InChI is InChI=1S/C16H18O5S/c1-12(2)20-15-6-4-5-7-16(15)21-22(17,18)14-10-8-13(19-3)9-11-14/h4-12H,1-3H3. The third-order valence-electron chi connectivity index (χ3n) is 2.76. The first-order valence-corrected chi connectivity index (χ1v) is 8.17. The minimum Gasteiger partial charge on any atom is -0.497 e. The molecule has 0 unspecified atom stereocenters. The molecule has 0 aliphatic rings. The van der Waals surface area contributed by atoms with Crippen LogP contribution in [0.1, 0.15) is 13.8 Å². The molecule has 0 aliphatic heterocycles. The molecule has 0 spiro atoms. The van der Waals surface area contributed by atoms with Gasteiger partial charge in [-0.25, -0.2) is 0 Å². The van der Waals surface area contributed by atoms with Gasteiger partial charge in [-0.2, -0.15) is 8.42 Å². The quantitative estimate of drug-likeness (QED) is 0.764. The monoisotopic (exact) mass is 322 g/mol. The lowest BCUT2D eigenvalue weighted by molar-refractivity contribution is 0.236. The highest BCUT2D eigenvalue weighted by Crippen LogP contribution is 2.30. The SMILES string of the molecule is COc1ccc(S(=O)(=O)Oc2ccccc2OC(C)C)cc1. The van der Waals surface area contributed by atoms with E-state index in [-0.39, 0.29) is 16.7 Å². The average molecular weight is 322 g/mol. The molecular formula is C16H18O5S. The van der Waals surface area contributed by atoms with Crippen molar-refractivity contribution in [1.29, 1.82) is 0 Å². The summed E-state index contributed by atoms with van der Waals surface area (Å²) >= 11 is 0. The molecule has 2 aromatic carbocycles. The van der Waals surface area contributed by atoms with Crippen molar-refractivity contribution in [3.63, 3.8) is 0 Å². The first-order chi connectivity index (χ1) is 10.4. The Balaban J connectivity index is 2.28. The van der Waals surface area contributed by atoms with E-state index < -0.39 is 10.1 Å². The van der Waals surface area contributed by atoms with Gasteiger partial charge in [0.2, 0.25) is 0 Å². The molecule has 2 aromatic rings. The van der Waals surface area contributed by atoms with E-state index in [1.165, 1.54) is 19.2 Å². The van der Waals surface area contributed by atoms with Gasteiger partial charge < -0.3 is 13.7 Å². The van der Waals surface area contributed by atoms with E-state index >= 15 is 0 Å². The van der Waals surface area contributed by atoms with E-state index in [0.29, 0.717) is 11.5 Å². The highest BCUT2D eigenvalue weighted by atomic mass is 32.2. The molecule has 22 heavy (non-hydrogen) atoms. The number of hydrogen-bond acceptors (Lipinski definition) is 5. The van der Waals surface area contributed by atoms with Crippen molar-refractivity contribution in [2.45, 2.75) is 24.8 Å². The van der Waals surface area contributed by atoms with Crippen LogP contribution in [0.5, 0.6) is 17.2 Å². The Morgan fingerprint density at radius 2 is 1.50 bits per heavy atom. The molecule has 5 nitrogen and oxygen atoms in total. The van der Waals surface area contributed by atoms with Gasteiger partial charge in [0.25, 0.3) is 0 Å². The fraction of sp³-hybridized carbons (Fsp3) is 0.250. The van der Waals surface area contributed by atoms with Crippen molar-refractivity contribution in [2.75, 3.05) is 7.11 Å². The van der Waals surface area contributed by atoms with E-state index in [1.54, 1.807) is 36.4 Å². The zero-order chi connectivity index (χ0) is 16.2. The number of para-hydroxylation sites is 2. The Morgan fingerprint density at radius 1 is 0.909 bits per heavy atom. The normalized spacial score (nSPS) is 11.3. The Bertz CT molecular complexity index is 720. The Labute approximate surface area is 130 Å². The summed E-state index contributed by atoms with van der Waals surface area (Å²) in [4.78, 5) is 0.0488. The molecule has 6 heteroatoms. The summed E-state index contributed by atoms with van der Waals surface area (Å²) in [5.41, 5.74) is 0. The van der Waals surface area contributed by atoms with Crippen molar-refractivity contribution < 1.29 is 22.1 Å². The maximum Gasteiger partial charge on any atom is 0.339 e. The first kappa shape index (κ1) is 16.2. The van der Waals surface area contributed by atoms with Gasteiger partial charge in [0.05, 0.1) is 13.2 Å². The third-order valence-corrected chi connectivity index (χ3v) is 4.01. The summed E-state index contributed by atoms with van der Waals surface area (Å²) in [6.07, 6.45) is -0.0894. The van der Waals surface area contributed by atoms with Gasteiger partial charge in [-0.1, -0.05) is 12.1 Å². The average Bonchev–Trinajstić information content (AvgIpc) is 2.48. The van der Waals surface area contributed by atoms with Gasteiger partial charge in [0, 0.05) is 0 Å². The number of benzene rings is 2. The Morgan fingerprint density at radius 3 is 2.05 bits per heavy atom.